The number of aldehydes is 1. The average molecular weight is 519 g/mol. The highest BCUT2D eigenvalue weighted by Gasteiger charge is 2.36. The summed E-state index contributed by atoms with van der Waals surface area (Å²) in [5.41, 5.74) is 3.80. The van der Waals surface area contributed by atoms with Crippen LogP contribution in [0.15, 0.2) is 90.3 Å². The van der Waals surface area contributed by atoms with E-state index in [9.17, 15) is 4.79 Å². The van der Waals surface area contributed by atoms with Crippen molar-refractivity contribution < 1.29 is 9.53 Å². The predicted octanol–water partition coefficient (Wildman–Crippen LogP) is 7.40. The molecule has 0 aliphatic carbocycles. The van der Waals surface area contributed by atoms with Crippen LogP contribution in [0.3, 0.4) is 0 Å². The number of alkyl halides is 1. The van der Waals surface area contributed by atoms with Crippen molar-refractivity contribution in [2.75, 3.05) is 9.33 Å². The topological polar surface area (TPSA) is 29.5 Å². The van der Waals surface area contributed by atoms with Gasteiger partial charge in [-0.15, -0.1) is 0 Å². The Morgan fingerprint density at radius 2 is 1.65 bits per heavy atom. The van der Waals surface area contributed by atoms with Gasteiger partial charge in [0.1, 0.15) is 5.76 Å². The van der Waals surface area contributed by atoms with Crippen LogP contribution in [-0.4, -0.2) is 10.7 Å². The Kier molecular flexibility index (Phi) is 5.40. The number of ether oxygens (including phenoxy) is 1. The first-order valence-electron chi connectivity index (χ1n) is 10.4. The van der Waals surface area contributed by atoms with Crippen LogP contribution in [0.2, 0.25) is 0 Å². The summed E-state index contributed by atoms with van der Waals surface area (Å²) in [4.78, 5) is 14.3. The molecule has 0 saturated carbocycles. The number of halogens is 1. The van der Waals surface area contributed by atoms with Crippen molar-refractivity contribution in [3.63, 3.8) is 0 Å². The summed E-state index contributed by atoms with van der Waals surface area (Å²) in [5, 5.41) is 4.55. The molecule has 1 unspecified atom stereocenters. The lowest BCUT2D eigenvalue weighted by Gasteiger charge is -2.30. The van der Waals surface area contributed by atoms with Gasteiger partial charge in [-0.25, -0.2) is 0 Å². The molecule has 4 aromatic carbocycles. The molecule has 4 heteroatoms. The van der Waals surface area contributed by atoms with E-state index in [1.807, 2.05) is 24.3 Å². The van der Waals surface area contributed by atoms with E-state index in [-0.39, 0.29) is 6.23 Å². The molecule has 0 amide bonds. The molecule has 5 rings (SSSR count). The Bertz CT molecular complexity index is 1330. The molecule has 154 valence electrons. The van der Waals surface area contributed by atoms with Gasteiger partial charge >= 0.3 is 0 Å². The zero-order chi connectivity index (χ0) is 21.4. The number of hydrogen-bond donors (Lipinski definition) is 0. The second-order valence-corrected chi connectivity index (χ2v) is 8.41. The highest BCUT2D eigenvalue weighted by atomic mass is 127. The van der Waals surface area contributed by atoms with Crippen molar-refractivity contribution in [1.82, 2.24) is 0 Å². The average Bonchev–Trinajstić information content (AvgIpc) is 3.21. The summed E-state index contributed by atoms with van der Waals surface area (Å²) in [6.45, 7) is 2.12. The Hall–Kier alpha value is -2.86. The standard InChI is InChI=1S/C27H22INO2/c1-2-25-24(16-28)29(26-22(17-30)14-12-19-8-5-6-10-23(19)26)27(31-25)21-13-11-18-7-3-4-9-20(18)15-21/h3-15,17,27H,2,16H2,1H3. The van der Waals surface area contributed by atoms with E-state index >= 15 is 0 Å². The molecule has 0 N–H and O–H groups in total. The first-order chi connectivity index (χ1) is 15.2. The van der Waals surface area contributed by atoms with Crippen LogP contribution in [0.25, 0.3) is 21.5 Å². The third-order valence-corrected chi connectivity index (χ3v) is 6.63. The van der Waals surface area contributed by atoms with Crippen molar-refractivity contribution in [3.05, 3.63) is 101 Å². The van der Waals surface area contributed by atoms with Gasteiger partial charge in [-0.05, 0) is 28.3 Å². The van der Waals surface area contributed by atoms with Crippen molar-refractivity contribution >= 4 is 56.1 Å². The third-order valence-electron chi connectivity index (χ3n) is 5.91. The molecule has 3 nitrogen and oxygen atoms in total. The highest BCUT2D eigenvalue weighted by Crippen LogP contribution is 2.46. The monoisotopic (exact) mass is 519 g/mol. The molecule has 1 heterocycles. The summed E-state index contributed by atoms with van der Waals surface area (Å²) in [7, 11) is 0. The van der Waals surface area contributed by atoms with Crippen molar-refractivity contribution in [2.45, 2.75) is 19.6 Å². The molecule has 1 aliphatic rings. The van der Waals surface area contributed by atoms with Crippen LogP contribution in [0, 0.1) is 0 Å². The Labute approximate surface area is 195 Å². The van der Waals surface area contributed by atoms with Gasteiger partial charge in [0.15, 0.2) is 6.29 Å². The second-order valence-electron chi connectivity index (χ2n) is 7.65. The van der Waals surface area contributed by atoms with E-state index in [2.05, 4.69) is 89.0 Å². The normalized spacial score (nSPS) is 16.2. The zero-order valence-electron chi connectivity index (χ0n) is 17.2. The fraction of sp³-hybridized carbons (Fsp3) is 0.148. The molecule has 0 spiro atoms. The van der Waals surface area contributed by atoms with E-state index in [0.29, 0.717) is 5.56 Å². The summed E-state index contributed by atoms with van der Waals surface area (Å²) in [6, 6.07) is 27.0. The number of anilines is 1. The largest absolute Gasteiger partial charge is 0.468 e. The molecule has 0 fully saturated rings. The number of fused-ring (bicyclic) bond motifs is 2. The van der Waals surface area contributed by atoms with E-state index in [1.165, 1.54) is 10.8 Å². The lowest BCUT2D eigenvalue weighted by atomic mass is 10.0. The van der Waals surface area contributed by atoms with Gasteiger partial charge in [-0.1, -0.05) is 96.2 Å². The van der Waals surface area contributed by atoms with E-state index in [0.717, 1.165) is 50.6 Å². The van der Waals surface area contributed by atoms with Gasteiger partial charge in [-0.3, -0.25) is 4.79 Å². The van der Waals surface area contributed by atoms with Gasteiger partial charge in [0.2, 0.25) is 6.23 Å². The van der Waals surface area contributed by atoms with Gasteiger partial charge in [0, 0.05) is 27.4 Å². The lowest BCUT2D eigenvalue weighted by Crippen LogP contribution is -2.26. The predicted molar refractivity (Wildman–Crippen MR) is 136 cm³/mol. The van der Waals surface area contributed by atoms with Gasteiger partial charge in [-0.2, -0.15) is 0 Å². The molecule has 0 radical (unpaired) electrons. The number of allylic oxidation sites excluding steroid dienone is 2. The molecule has 4 aromatic rings. The van der Waals surface area contributed by atoms with E-state index in [1.54, 1.807) is 0 Å². The summed E-state index contributed by atoms with van der Waals surface area (Å²) < 4.78 is 7.35. The quantitative estimate of drug-likeness (QED) is 0.156. The number of rotatable bonds is 5. The van der Waals surface area contributed by atoms with Gasteiger partial charge in [0.25, 0.3) is 0 Å². The summed E-state index contributed by atoms with van der Waals surface area (Å²) in [5.74, 6) is 0.984. The summed E-state index contributed by atoms with van der Waals surface area (Å²) in [6.07, 6.45) is 1.45. The van der Waals surface area contributed by atoms with Crippen molar-refractivity contribution in [3.8, 4) is 0 Å². The van der Waals surface area contributed by atoms with Crippen LogP contribution in [-0.2, 0) is 4.74 Å². The fourth-order valence-corrected chi connectivity index (χ4v) is 5.22. The molecule has 1 atom stereocenters. The van der Waals surface area contributed by atoms with Gasteiger partial charge < -0.3 is 9.64 Å². The van der Waals surface area contributed by atoms with Crippen LogP contribution in [0.5, 0.6) is 0 Å². The highest BCUT2D eigenvalue weighted by molar-refractivity contribution is 14.1. The fourth-order valence-electron chi connectivity index (χ4n) is 4.42. The number of carbonyl (C=O) groups excluding carboxylic acids is 1. The first kappa shape index (κ1) is 20.1. The molecule has 0 bridgehead atoms. The maximum atomic E-state index is 12.1. The zero-order valence-corrected chi connectivity index (χ0v) is 19.4. The lowest BCUT2D eigenvalue weighted by molar-refractivity contribution is 0.112. The molecular weight excluding hydrogens is 497 g/mol. The molecule has 0 aromatic heterocycles. The molecule has 31 heavy (non-hydrogen) atoms. The van der Waals surface area contributed by atoms with Crippen LogP contribution in [0.4, 0.5) is 5.69 Å². The minimum atomic E-state index is -0.311. The molecular formula is C27H22INO2. The van der Waals surface area contributed by atoms with E-state index < -0.39 is 0 Å². The number of benzene rings is 4. The van der Waals surface area contributed by atoms with Crippen LogP contribution < -0.4 is 4.90 Å². The Morgan fingerprint density at radius 1 is 0.935 bits per heavy atom. The number of carbonyl (C=O) groups is 1. The van der Waals surface area contributed by atoms with Gasteiger partial charge in [0.05, 0.1) is 11.4 Å². The molecule has 1 aliphatic heterocycles. The van der Waals surface area contributed by atoms with E-state index in [4.69, 9.17) is 4.74 Å². The SMILES string of the molecule is CCC1=C(CI)N(c2c(C=O)ccc3ccccc23)C(c2ccc3ccccc3c2)O1. The smallest absolute Gasteiger partial charge is 0.202 e. The Morgan fingerprint density at radius 3 is 2.39 bits per heavy atom. The van der Waals surface area contributed by atoms with Crippen molar-refractivity contribution in [1.29, 1.82) is 0 Å². The van der Waals surface area contributed by atoms with Crippen LogP contribution in [0.1, 0.15) is 35.5 Å². The third kappa shape index (κ3) is 3.39. The minimum Gasteiger partial charge on any atom is -0.468 e. The maximum absolute atomic E-state index is 12.1. The molecule has 0 saturated heterocycles. The summed E-state index contributed by atoms with van der Waals surface area (Å²) >= 11 is 2.39. The van der Waals surface area contributed by atoms with Crippen LogP contribution >= 0.6 is 22.6 Å². The number of nitrogens with zero attached hydrogens (tertiary/aromatic N) is 1. The first-order valence-corrected chi connectivity index (χ1v) is 12.0. The second kappa shape index (κ2) is 8.35. The van der Waals surface area contributed by atoms with Crippen molar-refractivity contribution in [2.24, 2.45) is 0 Å². The minimum absolute atomic E-state index is 0.311. The maximum Gasteiger partial charge on any atom is 0.202 e. The number of hydrogen-bond acceptors (Lipinski definition) is 3. The Balaban J connectivity index is 1.76.